The highest BCUT2D eigenvalue weighted by molar-refractivity contribution is 6.08. The molecule has 0 saturated carbocycles. The molecule has 2 aromatic heterocycles. The Morgan fingerprint density at radius 2 is 1.61 bits per heavy atom. The molecule has 1 fully saturated rings. The molecule has 0 spiro atoms. The number of aryl methyl sites for hydroxylation is 1. The summed E-state index contributed by atoms with van der Waals surface area (Å²) in [6, 6.07) is 15.7. The average molecular weight is 442 g/mol. The lowest BCUT2D eigenvalue weighted by atomic mass is 10.1. The summed E-state index contributed by atoms with van der Waals surface area (Å²) in [5.41, 5.74) is 3.43. The first-order valence-corrected chi connectivity index (χ1v) is 10.7. The van der Waals surface area contributed by atoms with Gasteiger partial charge in [-0.25, -0.2) is 0 Å². The lowest BCUT2D eigenvalue weighted by Crippen LogP contribution is -2.44. The first-order chi connectivity index (χ1) is 15.9. The van der Waals surface area contributed by atoms with Crippen LogP contribution in [0.5, 0.6) is 0 Å². The van der Waals surface area contributed by atoms with Crippen LogP contribution in [0.15, 0.2) is 53.3 Å². The standard InChI is InChI=1S/C24H22N6O3/c1-26-9-11-28(12-10-26)19-7-8-21-20(14-19)23-22(27(21)2)13-16(15-25)24(31)29(23)17-3-5-18(6-4-17)30(32)33/h3-8,13-14H,9-12H2,1-2H3. The molecule has 0 aliphatic carbocycles. The number of rotatable bonds is 3. The van der Waals surface area contributed by atoms with E-state index in [-0.39, 0.29) is 11.3 Å². The maximum absolute atomic E-state index is 13.3. The number of pyridine rings is 1. The lowest BCUT2D eigenvalue weighted by molar-refractivity contribution is -0.384. The molecular formula is C24H22N6O3. The molecule has 0 radical (unpaired) electrons. The van der Waals surface area contributed by atoms with Crippen LogP contribution in [0.1, 0.15) is 5.56 Å². The third kappa shape index (κ3) is 3.32. The molecule has 0 amide bonds. The maximum atomic E-state index is 13.3. The summed E-state index contributed by atoms with van der Waals surface area (Å²) in [7, 11) is 4.02. The van der Waals surface area contributed by atoms with Gasteiger partial charge in [0.25, 0.3) is 11.2 Å². The number of aromatic nitrogens is 2. The van der Waals surface area contributed by atoms with Gasteiger partial charge < -0.3 is 14.4 Å². The molecule has 1 saturated heterocycles. The molecule has 3 heterocycles. The zero-order valence-electron chi connectivity index (χ0n) is 18.4. The zero-order valence-corrected chi connectivity index (χ0v) is 18.4. The predicted octanol–water partition coefficient (Wildman–Crippen LogP) is 3.01. The van der Waals surface area contributed by atoms with E-state index in [1.807, 2.05) is 23.8 Å². The number of likely N-dealkylation sites (N-methyl/N-ethyl adjacent to an activating group) is 1. The van der Waals surface area contributed by atoms with Gasteiger partial charge in [-0.2, -0.15) is 5.26 Å². The van der Waals surface area contributed by atoms with Crippen molar-refractivity contribution in [3.63, 3.8) is 0 Å². The van der Waals surface area contributed by atoms with Crippen LogP contribution in [0.2, 0.25) is 0 Å². The van der Waals surface area contributed by atoms with Crippen LogP contribution in [0.25, 0.3) is 27.6 Å². The summed E-state index contributed by atoms with van der Waals surface area (Å²) in [5.74, 6) is 0. The van der Waals surface area contributed by atoms with E-state index in [9.17, 15) is 20.2 Å². The van der Waals surface area contributed by atoms with Gasteiger partial charge in [-0.3, -0.25) is 19.5 Å². The summed E-state index contributed by atoms with van der Waals surface area (Å²) in [6.07, 6.45) is 0. The molecule has 0 unspecified atom stereocenters. The number of piperazine rings is 1. The lowest BCUT2D eigenvalue weighted by Gasteiger charge is -2.34. The van der Waals surface area contributed by atoms with Crippen molar-refractivity contribution in [2.45, 2.75) is 0 Å². The zero-order chi connectivity index (χ0) is 23.3. The van der Waals surface area contributed by atoms with E-state index < -0.39 is 10.5 Å². The molecule has 0 N–H and O–H groups in total. The highest BCUT2D eigenvalue weighted by Gasteiger charge is 2.20. The van der Waals surface area contributed by atoms with E-state index in [0.29, 0.717) is 11.2 Å². The van der Waals surface area contributed by atoms with E-state index in [0.717, 1.165) is 48.3 Å². The summed E-state index contributed by atoms with van der Waals surface area (Å²) in [6.45, 7) is 3.79. The molecule has 0 bridgehead atoms. The van der Waals surface area contributed by atoms with Crippen molar-refractivity contribution in [2.24, 2.45) is 7.05 Å². The Labute approximate surface area is 189 Å². The van der Waals surface area contributed by atoms with Gasteiger partial charge in [-0.05, 0) is 43.4 Å². The Bertz CT molecular complexity index is 1500. The van der Waals surface area contributed by atoms with Crippen molar-refractivity contribution in [1.29, 1.82) is 5.26 Å². The fourth-order valence-electron chi connectivity index (χ4n) is 4.56. The van der Waals surface area contributed by atoms with E-state index in [4.69, 9.17) is 0 Å². The quantitative estimate of drug-likeness (QED) is 0.357. The number of nitrogens with zero attached hydrogens (tertiary/aromatic N) is 6. The fraction of sp³-hybridized carbons (Fsp3) is 0.250. The number of fused-ring (bicyclic) bond motifs is 3. The number of hydrogen-bond donors (Lipinski definition) is 0. The molecule has 4 aromatic rings. The van der Waals surface area contributed by atoms with Crippen LogP contribution in [0.3, 0.4) is 0 Å². The number of nitro benzene ring substituents is 1. The smallest absolute Gasteiger partial charge is 0.273 e. The molecule has 166 valence electrons. The second kappa shape index (κ2) is 7.76. The minimum Gasteiger partial charge on any atom is -0.369 e. The molecule has 1 aliphatic heterocycles. The summed E-state index contributed by atoms with van der Waals surface area (Å²) < 4.78 is 3.47. The van der Waals surface area contributed by atoms with Crippen LogP contribution < -0.4 is 10.5 Å². The minimum absolute atomic E-state index is 0.0195. The summed E-state index contributed by atoms with van der Waals surface area (Å²) >= 11 is 0. The molecule has 2 aromatic carbocycles. The first kappa shape index (κ1) is 20.7. The van der Waals surface area contributed by atoms with Gasteiger partial charge in [-0.1, -0.05) is 0 Å². The number of non-ortho nitro benzene ring substituents is 1. The number of nitro groups is 1. The fourth-order valence-corrected chi connectivity index (χ4v) is 4.56. The Balaban J connectivity index is 1.79. The predicted molar refractivity (Wildman–Crippen MR) is 127 cm³/mol. The number of benzene rings is 2. The van der Waals surface area contributed by atoms with Gasteiger partial charge in [0.15, 0.2) is 0 Å². The Morgan fingerprint density at radius 3 is 2.24 bits per heavy atom. The Morgan fingerprint density at radius 1 is 0.939 bits per heavy atom. The van der Waals surface area contributed by atoms with Crippen LogP contribution in [-0.2, 0) is 7.05 Å². The Hall–Kier alpha value is -4.16. The topological polar surface area (TPSA) is 100 Å². The number of anilines is 1. The SMILES string of the molecule is CN1CCN(c2ccc3c(c2)c2c(cc(C#N)c(=O)n2-c2ccc([N+](=O)[O-])cc2)n3C)CC1. The highest BCUT2D eigenvalue weighted by Crippen LogP contribution is 2.33. The van der Waals surface area contributed by atoms with E-state index >= 15 is 0 Å². The molecule has 5 rings (SSSR count). The van der Waals surface area contributed by atoms with Gasteiger partial charge in [0.1, 0.15) is 11.6 Å². The Kier molecular flexibility index (Phi) is 4.87. The van der Waals surface area contributed by atoms with Crippen LogP contribution in [0, 0.1) is 21.4 Å². The highest BCUT2D eigenvalue weighted by atomic mass is 16.6. The van der Waals surface area contributed by atoms with Gasteiger partial charge >= 0.3 is 0 Å². The second-order valence-electron chi connectivity index (χ2n) is 8.37. The van der Waals surface area contributed by atoms with Crippen molar-refractivity contribution in [3.05, 3.63) is 74.6 Å². The monoisotopic (exact) mass is 442 g/mol. The molecule has 33 heavy (non-hydrogen) atoms. The molecule has 9 nitrogen and oxygen atoms in total. The van der Waals surface area contributed by atoms with Crippen molar-refractivity contribution in [1.82, 2.24) is 14.0 Å². The van der Waals surface area contributed by atoms with Crippen LogP contribution in [0.4, 0.5) is 11.4 Å². The second-order valence-corrected chi connectivity index (χ2v) is 8.37. The van der Waals surface area contributed by atoms with Crippen molar-refractivity contribution in [3.8, 4) is 11.8 Å². The molecule has 1 aliphatic rings. The third-order valence-corrected chi connectivity index (χ3v) is 6.45. The van der Waals surface area contributed by atoms with E-state index in [2.05, 4.69) is 29.0 Å². The van der Waals surface area contributed by atoms with Crippen LogP contribution >= 0.6 is 0 Å². The maximum Gasteiger partial charge on any atom is 0.273 e. The van der Waals surface area contributed by atoms with Gasteiger partial charge in [0, 0.05) is 62.1 Å². The van der Waals surface area contributed by atoms with Gasteiger partial charge in [0.2, 0.25) is 0 Å². The van der Waals surface area contributed by atoms with Gasteiger partial charge in [-0.15, -0.1) is 0 Å². The van der Waals surface area contributed by atoms with Crippen molar-refractivity contribution >= 4 is 33.3 Å². The third-order valence-electron chi connectivity index (χ3n) is 6.45. The molecule has 0 atom stereocenters. The minimum atomic E-state index is -0.478. The van der Waals surface area contributed by atoms with E-state index in [1.165, 1.54) is 16.7 Å². The normalized spacial score (nSPS) is 14.6. The van der Waals surface area contributed by atoms with Gasteiger partial charge in [0.05, 0.1) is 21.5 Å². The summed E-state index contributed by atoms with van der Waals surface area (Å²) in [5, 5.41) is 21.6. The molecule has 9 heteroatoms. The number of hydrogen-bond acceptors (Lipinski definition) is 6. The van der Waals surface area contributed by atoms with Crippen LogP contribution in [-0.4, -0.2) is 52.2 Å². The summed E-state index contributed by atoms with van der Waals surface area (Å²) in [4.78, 5) is 28.5. The largest absolute Gasteiger partial charge is 0.369 e. The average Bonchev–Trinajstić information content (AvgIpc) is 3.10. The molecular weight excluding hydrogens is 420 g/mol. The number of nitriles is 1. The van der Waals surface area contributed by atoms with Crippen molar-refractivity contribution in [2.75, 3.05) is 38.1 Å². The van der Waals surface area contributed by atoms with E-state index in [1.54, 1.807) is 18.2 Å². The first-order valence-electron chi connectivity index (χ1n) is 10.7. The van der Waals surface area contributed by atoms with Crippen molar-refractivity contribution < 1.29 is 4.92 Å².